The number of hydrogen-bond acceptors (Lipinski definition) is 14. The Bertz CT molecular complexity index is 1910. The van der Waals surface area contributed by atoms with Crippen molar-refractivity contribution in [1.29, 1.82) is 0 Å². The van der Waals surface area contributed by atoms with Crippen molar-refractivity contribution in [2.75, 3.05) is 0 Å². The summed E-state index contributed by atoms with van der Waals surface area (Å²) in [6.45, 7) is 70.5. The molecule has 9 unspecified atom stereocenters. The molecule has 0 fully saturated rings. The van der Waals surface area contributed by atoms with Crippen LogP contribution in [0, 0.1) is 71.5 Å². The molecule has 528 valence electrons. The Morgan fingerprint density at radius 1 is 0.356 bits per heavy atom. The number of alkyl halides is 1. The van der Waals surface area contributed by atoms with Gasteiger partial charge in [-0.25, -0.2) is 0 Å². The monoisotopic (exact) mass is 1280 g/mol. The van der Waals surface area contributed by atoms with Gasteiger partial charge in [0.2, 0.25) is 0 Å². The van der Waals surface area contributed by atoms with Gasteiger partial charge in [-0.1, -0.05) is 241 Å². The Hall–Kier alpha value is -5.34. The van der Waals surface area contributed by atoms with E-state index in [1.165, 1.54) is 29.2 Å². The molecule has 0 spiro atoms. The second kappa shape index (κ2) is 57.6. The molecule has 0 saturated heterocycles. The maximum atomic E-state index is 12.8. The quantitative estimate of drug-likeness (QED) is 0.0553. The SMILES string of the molecule is CC(C)C(C)(F)OC=O.CC(C)C(C)OC=O.CC(C)C(C)OC=O.CC(C)C(C)OC=O.CC(C)C(C)OC=O.CC(C)C(CC(C)(C)C)OC=O.CC(C)CC(OC=O)C(C)C.CC(C)c1ccc(C(C)C(C)C)cc1.Cc1ccc(C(C)C(C)C)cc1. The highest BCUT2D eigenvalue weighted by Crippen LogP contribution is 2.27. The highest BCUT2D eigenvalue weighted by Gasteiger charge is 2.28. The molecule has 0 aliphatic carbocycles. The van der Waals surface area contributed by atoms with Crippen LogP contribution in [0.15, 0.2) is 48.5 Å². The third kappa shape index (κ3) is 60.2. The first-order valence-electron chi connectivity index (χ1n) is 32.8. The van der Waals surface area contributed by atoms with Crippen LogP contribution in [0.5, 0.6) is 0 Å². The van der Waals surface area contributed by atoms with Gasteiger partial charge in [-0.2, -0.15) is 4.39 Å². The molecule has 0 bridgehead atoms. The minimum Gasteiger partial charge on any atom is -0.465 e. The lowest BCUT2D eigenvalue weighted by molar-refractivity contribution is -0.173. The van der Waals surface area contributed by atoms with Crippen molar-refractivity contribution in [1.82, 2.24) is 0 Å². The third-order valence-electron chi connectivity index (χ3n) is 15.3. The molecule has 0 N–H and O–H groups in total. The molecule has 0 saturated carbocycles. The maximum Gasteiger partial charge on any atom is 0.295 e. The minimum absolute atomic E-state index is 0.0486. The average molecular weight is 1280 g/mol. The fourth-order valence-corrected chi connectivity index (χ4v) is 6.17. The van der Waals surface area contributed by atoms with Gasteiger partial charge in [0.15, 0.2) is 0 Å². The van der Waals surface area contributed by atoms with Gasteiger partial charge in [0, 0.05) is 12.8 Å². The number of ether oxygens (including phenoxy) is 7. The number of rotatable bonds is 29. The van der Waals surface area contributed by atoms with Gasteiger partial charge in [-0.05, 0) is 141 Å². The molecule has 0 heterocycles. The maximum absolute atomic E-state index is 12.8. The lowest BCUT2D eigenvalue weighted by Gasteiger charge is -2.27. The molecule has 0 radical (unpaired) electrons. The first-order valence-corrected chi connectivity index (χ1v) is 32.8. The van der Waals surface area contributed by atoms with E-state index in [4.69, 9.17) is 9.47 Å². The van der Waals surface area contributed by atoms with Crippen molar-refractivity contribution in [3.63, 3.8) is 0 Å². The summed E-state index contributed by atoms with van der Waals surface area (Å²) in [6, 6.07) is 17.9. The smallest absolute Gasteiger partial charge is 0.295 e. The molecule has 9 atom stereocenters. The molecular weight excluding hydrogens is 1140 g/mol. The summed E-state index contributed by atoms with van der Waals surface area (Å²) < 4.78 is 45.3. The zero-order valence-corrected chi connectivity index (χ0v) is 63.1. The minimum atomic E-state index is -1.82. The number of benzene rings is 2. The summed E-state index contributed by atoms with van der Waals surface area (Å²) in [6.07, 6.45) is 2.22. The fourth-order valence-electron chi connectivity index (χ4n) is 6.17. The normalized spacial score (nSPS) is 14.0. The number of carbonyl (C=O) groups excluding carboxylic acids is 7. The average Bonchev–Trinajstić information content (AvgIpc) is 3.16. The van der Waals surface area contributed by atoms with E-state index >= 15 is 0 Å². The lowest BCUT2D eigenvalue weighted by Crippen LogP contribution is -2.28. The van der Waals surface area contributed by atoms with Crippen LogP contribution in [0.4, 0.5) is 4.39 Å². The lowest BCUT2D eigenvalue weighted by atomic mass is 9.85. The van der Waals surface area contributed by atoms with E-state index in [1.54, 1.807) is 13.8 Å². The van der Waals surface area contributed by atoms with Crippen molar-refractivity contribution >= 4 is 45.3 Å². The number of aryl methyl sites for hydroxylation is 1. The first-order chi connectivity index (χ1) is 41.3. The molecular formula is C75H137FO14. The largest absolute Gasteiger partial charge is 0.465 e. The Kier molecular flexibility index (Phi) is 62.8. The Balaban J connectivity index is -0.000000174. The van der Waals surface area contributed by atoms with E-state index in [-0.39, 0.29) is 54.4 Å². The highest BCUT2D eigenvalue weighted by atomic mass is 19.2. The third-order valence-corrected chi connectivity index (χ3v) is 15.3. The molecule has 2 aromatic rings. The summed E-state index contributed by atoms with van der Waals surface area (Å²) in [4.78, 5) is 68.7. The molecule has 0 aromatic heterocycles. The molecule has 2 aromatic carbocycles. The Morgan fingerprint density at radius 3 is 0.800 bits per heavy atom. The molecule has 90 heavy (non-hydrogen) atoms. The zero-order chi connectivity index (χ0) is 72.2. The van der Waals surface area contributed by atoms with Gasteiger partial charge in [-0.15, -0.1) is 0 Å². The van der Waals surface area contributed by atoms with Crippen LogP contribution in [0.25, 0.3) is 0 Å². The standard InChI is InChI=1S/C14H22.C12H18.C10H20O2.C9H18O2.C6H11FO2.4C6H12O2/c1-10(2)12(5)14-8-6-13(7-9-14)11(3)4;1-9(2)11(4)12-7-5-10(3)6-8-12;1-8(2)9(12-7-11)6-10(3,4)5;1-7(2)5-9(8(3)4)11-6-10;1-5(2)6(3,7)9-4-8;4*1-5(2)6(3)8-4-7/h6-12H,1-5H3;5-9,11H,1-4H3;7-9H,6H2,1-5H3;6-9H,5H2,1-4H3;4-5H,1-3H3;4*4-6H,1-3H3. The van der Waals surface area contributed by atoms with Gasteiger partial charge < -0.3 is 33.2 Å². The van der Waals surface area contributed by atoms with E-state index in [1.807, 2.05) is 83.1 Å². The molecule has 14 nitrogen and oxygen atoms in total. The van der Waals surface area contributed by atoms with Crippen molar-refractivity contribution in [3.8, 4) is 0 Å². The van der Waals surface area contributed by atoms with Gasteiger partial charge in [-0.3, -0.25) is 33.6 Å². The van der Waals surface area contributed by atoms with Crippen LogP contribution in [-0.4, -0.2) is 87.8 Å². The molecule has 2 rings (SSSR count). The highest BCUT2D eigenvalue weighted by molar-refractivity contribution is 5.39. The van der Waals surface area contributed by atoms with E-state index in [0.29, 0.717) is 98.0 Å². The van der Waals surface area contributed by atoms with Crippen LogP contribution in [0.1, 0.15) is 274 Å². The Labute approximate surface area is 551 Å². The second-order valence-electron chi connectivity index (χ2n) is 28.3. The fraction of sp³-hybridized carbons (Fsp3) is 0.747. The van der Waals surface area contributed by atoms with Gasteiger partial charge in [0.1, 0.15) is 36.6 Å². The van der Waals surface area contributed by atoms with Crippen molar-refractivity contribution in [2.45, 2.75) is 302 Å². The van der Waals surface area contributed by atoms with Gasteiger partial charge >= 0.3 is 0 Å². The summed E-state index contributed by atoms with van der Waals surface area (Å²) >= 11 is 0. The first kappa shape index (κ1) is 98.2. The number of carbonyl (C=O) groups is 7. The van der Waals surface area contributed by atoms with E-state index < -0.39 is 5.85 Å². The topological polar surface area (TPSA) is 184 Å². The molecule has 0 aliphatic rings. The summed E-state index contributed by atoms with van der Waals surface area (Å²) in [5.74, 6) is 4.37. The van der Waals surface area contributed by atoms with Crippen molar-refractivity contribution in [3.05, 3.63) is 70.8 Å². The predicted octanol–water partition coefficient (Wildman–Crippen LogP) is 19.5. The van der Waals surface area contributed by atoms with Crippen molar-refractivity contribution < 1.29 is 71.1 Å². The zero-order valence-electron chi connectivity index (χ0n) is 63.1. The summed E-state index contributed by atoms with van der Waals surface area (Å²) in [7, 11) is 0. The molecule has 0 aliphatic heterocycles. The predicted molar refractivity (Wildman–Crippen MR) is 371 cm³/mol. The van der Waals surface area contributed by atoms with Crippen LogP contribution in [0.2, 0.25) is 0 Å². The van der Waals surface area contributed by atoms with E-state index in [9.17, 15) is 38.0 Å². The molecule has 0 amide bonds. The van der Waals surface area contributed by atoms with Gasteiger partial charge in [0.25, 0.3) is 51.2 Å². The van der Waals surface area contributed by atoms with Gasteiger partial charge in [0.05, 0.1) is 0 Å². The Morgan fingerprint density at radius 2 is 0.622 bits per heavy atom. The second-order valence-corrected chi connectivity index (χ2v) is 28.3. The van der Waals surface area contributed by atoms with Crippen molar-refractivity contribution in [2.24, 2.45) is 64.6 Å². The van der Waals surface area contributed by atoms with Crippen LogP contribution >= 0.6 is 0 Å². The molecule has 15 heteroatoms. The number of hydrogen-bond donors (Lipinski definition) is 0. The summed E-state index contributed by atoms with van der Waals surface area (Å²) in [5, 5.41) is 0. The summed E-state index contributed by atoms with van der Waals surface area (Å²) in [5.41, 5.74) is 5.91. The van der Waals surface area contributed by atoms with E-state index in [2.05, 4.69) is 197 Å². The number of halogens is 1. The van der Waals surface area contributed by atoms with Crippen LogP contribution in [-0.2, 0) is 66.7 Å². The van der Waals surface area contributed by atoms with Crippen LogP contribution < -0.4 is 0 Å². The van der Waals surface area contributed by atoms with Crippen LogP contribution in [0.3, 0.4) is 0 Å². The van der Waals surface area contributed by atoms with E-state index in [0.717, 1.165) is 24.7 Å².